The topological polar surface area (TPSA) is 42.7 Å². The average molecular weight is 238 g/mol. The number of fused-ring (bicyclic) bond motifs is 1. The van der Waals surface area contributed by atoms with Gasteiger partial charge in [0.15, 0.2) is 0 Å². The largest absolute Gasteiger partial charge is 0.316 e. The molecule has 2 heterocycles. The summed E-state index contributed by atoms with van der Waals surface area (Å²) in [5.74, 6) is 0.899. The highest BCUT2D eigenvalue weighted by atomic mass is 15.1. The summed E-state index contributed by atoms with van der Waals surface area (Å²) in [6.07, 6.45) is 3.65. The molecular weight excluding hydrogens is 224 g/mol. The van der Waals surface area contributed by atoms with Gasteiger partial charge < -0.3 is 5.32 Å². The maximum absolute atomic E-state index is 4.41. The summed E-state index contributed by atoms with van der Waals surface area (Å²) in [5, 5.41) is 3.14. The van der Waals surface area contributed by atoms with Gasteiger partial charge in [0.05, 0.1) is 11.0 Å². The zero-order valence-electron chi connectivity index (χ0n) is 10.2. The Bertz CT molecular complexity index is 672. The van der Waals surface area contributed by atoms with Crippen LogP contribution >= 0.6 is 0 Å². The van der Waals surface area contributed by atoms with Gasteiger partial charge in [-0.15, -0.1) is 0 Å². The Morgan fingerprint density at radius 2 is 2.06 bits per heavy atom. The Morgan fingerprint density at radius 3 is 2.94 bits per heavy atom. The second-order valence-electron chi connectivity index (χ2n) is 4.16. The molecule has 0 aliphatic heterocycles. The lowest BCUT2D eigenvalue weighted by Gasteiger charge is -2.05. The van der Waals surface area contributed by atoms with E-state index in [-0.39, 0.29) is 0 Å². The number of nitrogens with zero attached hydrogens (tertiary/aromatic N) is 3. The molecule has 2 aromatic heterocycles. The minimum atomic E-state index is 0.835. The quantitative estimate of drug-likeness (QED) is 0.760. The van der Waals surface area contributed by atoms with Crippen LogP contribution in [0.2, 0.25) is 0 Å². The molecule has 0 atom stereocenters. The zero-order chi connectivity index (χ0) is 12.4. The van der Waals surface area contributed by atoms with Gasteiger partial charge in [-0.1, -0.05) is 12.1 Å². The first-order chi connectivity index (χ1) is 8.88. The molecule has 1 N–H and O–H groups in total. The van der Waals surface area contributed by atoms with Crippen LogP contribution in [0.15, 0.2) is 48.9 Å². The van der Waals surface area contributed by atoms with Crippen molar-refractivity contribution in [3.8, 4) is 5.82 Å². The molecule has 18 heavy (non-hydrogen) atoms. The van der Waals surface area contributed by atoms with E-state index in [1.54, 1.807) is 0 Å². The predicted molar refractivity (Wildman–Crippen MR) is 71.6 cm³/mol. The Labute approximate surface area is 105 Å². The molecule has 0 aliphatic carbocycles. The van der Waals surface area contributed by atoms with E-state index < -0.39 is 0 Å². The van der Waals surface area contributed by atoms with Crippen molar-refractivity contribution in [2.24, 2.45) is 0 Å². The third-order valence-corrected chi connectivity index (χ3v) is 2.89. The van der Waals surface area contributed by atoms with E-state index >= 15 is 0 Å². The van der Waals surface area contributed by atoms with Gasteiger partial charge in [0.1, 0.15) is 12.1 Å². The Balaban J connectivity index is 2.11. The lowest BCUT2D eigenvalue weighted by atomic mass is 10.2. The summed E-state index contributed by atoms with van der Waals surface area (Å²) in [6, 6.07) is 12.1. The van der Waals surface area contributed by atoms with Crippen LogP contribution in [0.1, 0.15) is 5.56 Å². The minimum absolute atomic E-state index is 0.835. The molecule has 0 unspecified atom stereocenters. The van der Waals surface area contributed by atoms with Crippen LogP contribution in [-0.4, -0.2) is 21.6 Å². The first-order valence-corrected chi connectivity index (χ1v) is 5.90. The van der Waals surface area contributed by atoms with Crippen LogP contribution in [0.3, 0.4) is 0 Å². The molecule has 0 saturated carbocycles. The number of hydrogen-bond acceptors (Lipinski definition) is 3. The molecule has 0 bridgehead atoms. The van der Waals surface area contributed by atoms with E-state index in [0.29, 0.717) is 0 Å². The average Bonchev–Trinajstić information content (AvgIpc) is 2.83. The SMILES string of the molecule is CNCc1ccnc(-n2cnc3ccccc32)c1. The van der Waals surface area contributed by atoms with Crippen molar-refractivity contribution in [1.29, 1.82) is 0 Å². The number of nitrogens with one attached hydrogen (secondary N) is 1. The molecule has 3 aromatic rings. The van der Waals surface area contributed by atoms with E-state index in [4.69, 9.17) is 0 Å². The van der Waals surface area contributed by atoms with Crippen molar-refractivity contribution in [3.05, 3.63) is 54.5 Å². The summed E-state index contributed by atoms with van der Waals surface area (Å²) < 4.78 is 2.01. The molecular formula is C14H14N4. The maximum Gasteiger partial charge on any atom is 0.138 e. The number of imidazole rings is 1. The Hall–Kier alpha value is -2.20. The molecule has 0 saturated heterocycles. The summed E-state index contributed by atoms with van der Waals surface area (Å²) in [4.78, 5) is 8.79. The normalized spacial score (nSPS) is 10.9. The lowest BCUT2D eigenvalue weighted by molar-refractivity contribution is 0.813. The third-order valence-electron chi connectivity index (χ3n) is 2.89. The highest BCUT2D eigenvalue weighted by molar-refractivity contribution is 5.76. The molecule has 3 rings (SSSR count). The summed E-state index contributed by atoms with van der Waals surface area (Å²) >= 11 is 0. The monoisotopic (exact) mass is 238 g/mol. The zero-order valence-corrected chi connectivity index (χ0v) is 10.2. The molecule has 0 fully saturated rings. The maximum atomic E-state index is 4.41. The summed E-state index contributed by atoms with van der Waals surface area (Å²) in [6.45, 7) is 0.835. The number of hydrogen-bond donors (Lipinski definition) is 1. The van der Waals surface area contributed by atoms with Crippen LogP contribution < -0.4 is 5.32 Å². The molecule has 4 heteroatoms. The van der Waals surface area contributed by atoms with E-state index in [2.05, 4.69) is 27.4 Å². The van der Waals surface area contributed by atoms with Gasteiger partial charge in [-0.05, 0) is 36.9 Å². The van der Waals surface area contributed by atoms with Crippen LogP contribution in [0.5, 0.6) is 0 Å². The second-order valence-corrected chi connectivity index (χ2v) is 4.16. The Kier molecular flexibility index (Phi) is 2.78. The van der Waals surface area contributed by atoms with Crippen molar-refractivity contribution >= 4 is 11.0 Å². The molecule has 4 nitrogen and oxygen atoms in total. The van der Waals surface area contributed by atoms with E-state index in [0.717, 1.165) is 23.4 Å². The van der Waals surface area contributed by atoms with Gasteiger partial charge in [0.25, 0.3) is 0 Å². The predicted octanol–water partition coefficient (Wildman–Crippen LogP) is 2.14. The number of aromatic nitrogens is 3. The van der Waals surface area contributed by atoms with Crippen molar-refractivity contribution in [2.45, 2.75) is 6.54 Å². The fraction of sp³-hybridized carbons (Fsp3) is 0.143. The fourth-order valence-electron chi connectivity index (χ4n) is 2.05. The van der Waals surface area contributed by atoms with E-state index in [1.807, 2.05) is 48.4 Å². The van der Waals surface area contributed by atoms with Gasteiger partial charge in [-0.2, -0.15) is 0 Å². The highest BCUT2D eigenvalue weighted by Crippen LogP contribution is 2.16. The smallest absolute Gasteiger partial charge is 0.138 e. The lowest BCUT2D eigenvalue weighted by Crippen LogP contribution is -2.06. The molecule has 0 spiro atoms. The number of benzene rings is 1. The Morgan fingerprint density at radius 1 is 1.17 bits per heavy atom. The number of pyridine rings is 1. The van der Waals surface area contributed by atoms with Gasteiger partial charge in [-0.3, -0.25) is 4.57 Å². The van der Waals surface area contributed by atoms with E-state index in [9.17, 15) is 0 Å². The molecule has 0 aliphatic rings. The number of rotatable bonds is 3. The summed E-state index contributed by atoms with van der Waals surface area (Å²) in [5.41, 5.74) is 3.27. The van der Waals surface area contributed by atoms with Crippen LogP contribution in [0.25, 0.3) is 16.9 Å². The van der Waals surface area contributed by atoms with Gasteiger partial charge in [-0.25, -0.2) is 9.97 Å². The molecule has 1 aromatic carbocycles. The third kappa shape index (κ3) is 1.87. The standard InChI is InChI=1S/C14H14N4/c1-15-9-11-6-7-16-14(8-11)18-10-17-12-4-2-3-5-13(12)18/h2-8,10,15H,9H2,1H3. The van der Waals surface area contributed by atoms with Gasteiger partial charge in [0.2, 0.25) is 0 Å². The van der Waals surface area contributed by atoms with Crippen molar-refractivity contribution < 1.29 is 0 Å². The van der Waals surface area contributed by atoms with Crippen molar-refractivity contribution in [1.82, 2.24) is 19.9 Å². The first kappa shape index (κ1) is 10.9. The van der Waals surface area contributed by atoms with E-state index in [1.165, 1.54) is 5.56 Å². The van der Waals surface area contributed by atoms with Crippen molar-refractivity contribution in [3.63, 3.8) is 0 Å². The van der Waals surface area contributed by atoms with Gasteiger partial charge >= 0.3 is 0 Å². The molecule has 0 radical (unpaired) electrons. The van der Waals surface area contributed by atoms with Crippen LogP contribution in [0, 0.1) is 0 Å². The number of para-hydroxylation sites is 2. The molecule has 90 valence electrons. The highest BCUT2D eigenvalue weighted by Gasteiger charge is 2.05. The summed E-state index contributed by atoms with van der Waals surface area (Å²) in [7, 11) is 1.94. The molecule has 0 amide bonds. The second kappa shape index (κ2) is 4.58. The van der Waals surface area contributed by atoms with Crippen molar-refractivity contribution in [2.75, 3.05) is 7.05 Å². The van der Waals surface area contributed by atoms with Crippen LogP contribution in [0.4, 0.5) is 0 Å². The van der Waals surface area contributed by atoms with Crippen LogP contribution in [-0.2, 0) is 6.54 Å². The van der Waals surface area contributed by atoms with Gasteiger partial charge in [0, 0.05) is 12.7 Å². The fourth-order valence-corrected chi connectivity index (χ4v) is 2.05. The minimum Gasteiger partial charge on any atom is -0.316 e. The first-order valence-electron chi connectivity index (χ1n) is 5.90.